The number of carbonyl (C=O) groups is 1. The van der Waals surface area contributed by atoms with Gasteiger partial charge in [-0.3, -0.25) is 4.79 Å². The third kappa shape index (κ3) is 3.99. The smallest absolute Gasteiger partial charge is 0.253 e. The van der Waals surface area contributed by atoms with Gasteiger partial charge in [-0.15, -0.1) is 0 Å². The highest BCUT2D eigenvalue weighted by Gasteiger charge is 2.23. The van der Waals surface area contributed by atoms with E-state index in [1.54, 1.807) is 11.1 Å². The molecule has 27 heavy (non-hydrogen) atoms. The van der Waals surface area contributed by atoms with Crippen LogP contribution in [0.15, 0.2) is 66.9 Å². The normalized spacial score (nSPS) is 13.8. The molecule has 1 aliphatic heterocycles. The standard InChI is InChI=1S/C22H21N3O2/c1-16-5-7-17(8-6-16)13-25-20-10-9-19(24-21-4-2-3-11-23-21)12-18(20)14-27-15-22(25)26/h2-12H,13-15H2,1H3,(H,23,24). The molecule has 136 valence electrons. The second-order valence-corrected chi connectivity index (χ2v) is 6.64. The molecule has 0 radical (unpaired) electrons. The molecule has 0 aliphatic carbocycles. The number of fused-ring (bicyclic) bond motifs is 1. The molecular weight excluding hydrogens is 338 g/mol. The molecule has 5 heteroatoms. The van der Waals surface area contributed by atoms with Crippen molar-refractivity contribution < 1.29 is 9.53 Å². The number of aryl methyl sites for hydroxylation is 1. The quantitative estimate of drug-likeness (QED) is 0.759. The molecule has 2 aromatic carbocycles. The van der Waals surface area contributed by atoms with Gasteiger partial charge in [-0.05, 0) is 42.8 Å². The fraction of sp³-hybridized carbons (Fsp3) is 0.182. The van der Waals surface area contributed by atoms with Gasteiger partial charge in [-0.2, -0.15) is 0 Å². The minimum absolute atomic E-state index is 0.0280. The fourth-order valence-electron chi connectivity index (χ4n) is 3.14. The van der Waals surface area contributed by atoms with Crippen LogP contribution in [0.5, 0.6) is 0 Å². The van der Waals surface area contributed by atoms with Crippen LogP contribution in [0.1, 0.15) is 16.7 Å². The summed E-state index contributed by atoms with van der Waals surface area (Å²) in [6, 6.07) is 19.9. The first-order chi connectivity index (χ1) is 13.2. The first-order valence-corrected chi connectivity index (χ1v) is 8.94. The number of amides is 1. The van der Waals surface area contributed by atoms with Gasteiger partial charge in [-0.25, -0.2) is 4.98 Å². The number of nitrogens with one attached hydrogen (secondary N) is 1. The summed E-state index contributed by atoms with van der Waals surface area (Å²) in [5, 5.41) is 3.29. The largest absolute Gasteiger partial charge is 0.367 e. The number of benzene rings is 2. The third-order valence-corrected chi connectivity index (χ3v) is 4.55. The average Bonchev–Trinajstić information content (AvgIpc) is 2.83. The summed E-state index contributed by atoms with van der Waals surface area (Å²) in [6.45, 7) is 3.08. The maximum atomic E-state index is 12.6. The molecule has 0 unspecified atom stereocenters. The summed E-state index contributed by atoms with van der Waals surface area (Å²) < 4.78 is 5.59. The molecule has 5 nitrogen and oxygen atoms in total. The van der Waals surface area contributed by atoms with Crippen LogP contribution in [0.4, 0.5) is 17.2 Å². The lowest BCUT2D eigenvalue weighted by atomic mass is 10.1. The van der Waals surface area contributed by atoms with E-state index in [-0.39, 0.29) is 12.5 Å². The Kier molecular flexibility index (Phi) is 4.85. The van der Waals surface area contributed by atoms with Crippen molar-refractivity contribution in [1.29, 1.82) is 0 Å². The molecule has 0 saturated heterocycles. The van der Waals surface area contributed by atoms with Crippen molar-refractivity contribution in [2.75, 3.05) is 16.8 Å². The van der Waals surface area contributed by atoms with E-state index in [4.69, 9.17) is 4.74 Å². The lowest BCUT2D eigenvalue weighted by Gasteiger charge is -2.23. The van der Waals surface area contributed by atoms with Crippen molar-refractivity contribution in [3.63, 3.8) is 0 Å². The number of nitrogens with zero attached hydrogens (tertiary/aromatic N) is 2. The van der Waals surface area contributed by atoms with Crippen LogP contribution < -0.4 is 10.2 Å². The lowest BCUT2D eigenvalue weighted by Crippen LogP contribution is -2.32. The molecule has 4 rings (SSSR count). The summed E-state index contributed by atoms with van der Waals surface area (Å²) in [5.41, 5.74) is 5.09. The van der Waals surface area contributed by atoms with E-state index in [1.807, 2.05) is 36.4 Å². The van der Waals surface area contributed by atoms with Crippen LogP contribution >= 0.6 is 0 Å². The maximum absolute atomic E-state index is 12.6. The SMILES string of the molecule is Cc1ccc(CN2C(=O)COCc3cc(Nc4ccccn4)ccc32)cc1. The molecule has 0 saturated carbocycles. The van der Waals surface area contributed by atoms with E-state index in [9.17, 15) is 4.79 Å². The number of ether oxygens (including phenoxy) is 1. The zero-order valence-corrected chi connectivity index (χ0v) is 15.2. The van der Waals surface area contributed by atoms with Crippen LogP contribution in [-0.2, 0) is 22.7 Å². The van der Waals surface area contributed by atoms with Crippen molar-refractivity contribution in [3.05, 3.63) is 83.6 Å². The van der Waals surface area contributed by atoms with Crippen molar-refractivity contribution in [2.24, 2.45) is 0 Å². The van der Waals surface area contributed by atoms with Crippen LogP contribution in [0.2, 0.25) is 0 Å². The van der Waals surface area contributed by atoms with Gasteiger partial charge >= 0.3 is 0 Å². The number of carbonyl (C=O) groups excluding carboxylic acids is 1. The molecular formula is C22H21N3O2. The zero-order chi connectivity index (χ0) is 18.6. The first-order valence-electron chi connectivity index (χ1n) is 8.94. The predicted octanol–water partition coefficient (Wildman–Crippen LogP) is 4.20. The van der Waals surface area contributed by atoms with Gasteiger partial charge in [0.2, 0.25) is 0 Å². The number of aromatic nitrogens is 1. The van der Waals surface area contributed by atoms with E-state index in [0.717, 1.165) is 28.3 Å². The summed E-state index contributed by atoms with van der Waals surface area (Å²) in [7, 11) is 0. The van der Waals surface area contributed by atoms with Crippen LogP contribution in [0.25, 0.3) is 0 Å². The van der Waals surface area contributed by atoms with Gasteiger partial charge in [0, 0.05) is 23.1 Å². The molecule has 0 fully saturated rings. The number of hydrogen-bond acceptors (Lipinski definition) is 4. The minimum atomic E-state index is -0.0280. The molecule has 3 aromatic rings. The molecule has 1 amide bonds. The third-order valence-electron chi connectivity index (χ3n) is 4.55. The topological polar surface area (TPSA) is 54.5 Å². The van der Waals surface area contributed by atoms with Gasteiger partial charge in [0.1, 0.15) is 12.4 Å². The predicted molar refractivity (Wildman–Crippen MR) is 106 cm³/mol. The van der Waals surface area contributed by atoms with Gasteiger partial charge in [-0.1, -0.05) is 35.9 Å². The molecule has 0 bridgehead atoms. The van der Waals surface area contributed by atoms with Crippen LogP contribution in [0.3, 0.4) is 0 Å². The second kappa shape index (κ2) is 7.60. The van der Waals surface area contributed by atoms with Gasteiger partial charge < -0.3 is 15.0 Å². The Morgan fingerprint density at radius 2 is 1.93 bits per heavy atom. The van der Waals surface area contributed by atoms with Gasteiger partial charge in [0.05, 0.1) is 13.2 Å². The monoisotopic (exact) mass is 359 g/mol. The van der Waals surface area contributed by atoms with Crippen LogP contribution in [-0.4, -0.2) is 17.5 Å². The Morgan fingerprint density at radius 1 is 1.07 bits per heavy atom. The molecule has 1 aromatic heterocycles. The fourth-order valence-corrected chi connectivity index (χ4v) is 3.14. The van der Waals surface area contributed by atoms with E-state index in [1.165, 1.54) is 5.56 Å². The van der Waals surface area contributed by atoms with Gasteiger partial charge in [0.15, 0.2) is 0 Å². The maximum Gasteiger partial charge on any atom is 0.253 e. The Morgan fingerprint density at radius 3 is 2.70 bits per heavy atom. The number of pyridine rings is 1. The molecule has 0 atom stereocenters. The summed E-state index contributed by atoms with van der Waals surface area (Å²) in [5.74, 6) is 0.749. The second-order valence-electron chi connectivity index (χ2n) is 6.64. The average molecular weight is 359 g/mol. The Hall–Kier alpha value is -3.18. The van der Waals surface area contributed by atoms with E-state index in [2.05, 4.69) is 41.5 Å². The van der Waals surface area contributed by atoms with E-state index >= 15 is 0 Å². The van der Waals surface area contributed by atoms with Crippen molar-refractivity contribution in [1.82, 2.24) is 4.98 Å². The van der Waals surface area contributed by atoms with Crippen molar-refractivity contribution >= 4 is 23.1 Å². The van der Waals surface area contributed by atoms with Crippen LogP contribution in [0, 0.1) is 6.92 Å². The Balaban J connectivity index is 1.62. The molecule has 0 spiro atoms. The van der Waals surface area contributed by atoms with Crippen molar-refractivity contribution in [2.45, 2.75) is 20.1 Å². The first kappa shape index (κ1) is 17.2. The number of hydrogen-bond donors (Lipinski definition) is 1. The molecule has 2 heterocycles. The zero-order valence-electron chi connectivity index (χ0n) is 15.2. The van der Waals surface area contributed by atoms with Gasteiger partial charge in [0.25, 0.3) is 5.91 Å². The minimum Gasteiger partial charge on any atom is -0.367 e. The Labute approximate surface area is 158 Å². The highest BCUT2D eigenvalue weighted by atomic mass is 16.5. The number of anilines is 3. The number of rotatable bonds is 4. The lowest BCUT2D eigenvalue weighted by molar-refractivity contribution is -0.123. The van der Waals surface area contributed by atoms with E-state index in [0.29, 0.717) is 13.2 Å². The summed E-state index contributed by atoms with van der Waals surface area (Å²) >= 11 is 0. The highest BCUT2D eigenvalue weighted by Crippen LogP contribution is 2.30. The Bertz CT molecular complexity index is 940. The summed E-state index contributed by atoms with van der Waals surface area (Å²) in [4.78, 5) is 18.7. The highest BCUT2D eigenvalue weighted by molar-refractivity contribution is 5.95. The van der Waals surface area contributed by atoms with Crippen molar-refractivity contribution in [3.8, 4) is 0 Å². The summed E-state index contributed by atoms with van der Waals surface area (Å²) in [6.07, 6.45) is 1.75. The molecule has 1 N–H and O–H groups in total. The van der Waals surface area contributed by atoms with E-state index < -0.39 is 0 Å². The molecule has 1 aliphatic rings.